The quantitative estimate of drug-likeness (QED) is 0.728. The van der Waals surface area contributed by atoms with E-state index in [1.807, 2.05) is 0 Å². The number of ether oxygens (including phenoxy) is 1. The molecule has 0 bridgehead atoms. The molecular formula is C6H5F3N2O3. The molecule has 8 heteroatoms. The molecule has 78 valence electrons. The van der Waals surface area contributed by atoms with Gasteiger partial charge >= 0.3 is 6.16 Å². The monoisotopic (exact) mass is 210 g/mol. The molecule has 0 fully saturated rings. The van der Waals surface area contributed by atoms with Crippen molar-refractivity contribution in [3.05, 3.63) is 11.5 Å². The number of carbonyl (C=O) groups is 1. The molecule has 0 aliphatic heterocycles. The highest BCUT2D eigenvalue weighted by Gasteiger charge is 2.34. The highest BCUT2D eigenvalue weighted by atomic mass is 19.3. The van der Waals surface area contributed by atoms with Crippen molar-refractivity contribution < 1.29 is 27.8 Å². The zero-order valence-corrected chi connectivity index (χ0v) is 6.84. The molecular weight excluding hydrogens is 205 g/mol. The van der Waals surface area contributed by atoms with Crippen LogP contribution in [0.2, 0.25) is 0 Å². The third kappa shape index (κ3) is 1.95. The Bertz CT molecular complexity index is 358. The lowest BCUT2D eigenvalue weighted by molar-refractivity contribution is 0.00888. The molecule has 0 spiro atoms. The Kier molecular flexibility index (Phi) is 2.37. The second-order valence-corrected chi connectivity index (χ2v) is 2.47. The van der Waals surface area contributed by atoms with Gasteiger partial charge in [-0.15, -0.1) is 0 Å². The minimum atomic E-state index is -3.50. The fraction of sp³-hybridized carbons (Fsp3) is 0.333. The topological polar surface area (TPSA) is 75.2 Å². The minimum Gasteiger partial charge on any atom is -0.449 e. The highest BCUT2D eigenvalue weighted by molar-refractivity contribution is 5.60. The van der Waals surface area contributed by atoms with Crippen LogP contribution in [0.25, 0.3) is 0 Å². The second kappa shape index (κ2) is 3.20. The van der Waals surface area contributed by atoms with Gasteiger partial charge in [-0.25, -0.2) is 9.89 Å². The number of carboxylic acid groups (broad SMARTS) is 1. The molecule has 0 radical (unpaired) electrons. The molecule has 0 saturated heterocycles. The van der Waals surface area contributed by atoms with E-state index in [9.17, 15) is 18.0 Å². The Hall–Kier alpha value is -1.73. The smallest absolute Gasteiger partial charge is 0.449 e. The molecule has 1 rings (SSSR count). The third-order valence-electron chi connectivity index (χ3n) is 1.28. The number of nitrogens with one attached hydrogen (secondary N) is 1. The largest absolute Gasteiger partial charge is 0.512 e. The summed E-state index contributed by atoms with van der Waals surface area (Å²) in [6.07, 6.45) is -1.82. The van der Waals surface area contributed by atoms with Crippen LogP contribution < -0.4 is 4.74 Å². The van der Waals surface area contributed by atoms with Gasteiger partial charge in [0, 0.05) is 6.92 Å². The average Bonchev–Trinajstić information content (AvgIpc) is 2.30. The molecule has 0 aliphatic rings. The maximum atomic E-state index is 12.9. The van der Waals surface area contributed by atoms with Crippen molar-refractivity contribution in [1.82, 2.24) is 10.2 Å². The zero-order valence-electron chi connectivity index (χ0n) is 6.84. The SMILES string of the molecule is CC(F)(F)c1n[nH]c(OC(=O)O)c1F. The molecule has 0 unspecified atom stereocenters. The number of rotatable bonds is 2. The summed E-state index contributed by atoms with van der Waals surface area (Å²) in [5.41, 5.74) is -1.19. The van der Waals surface area contributed by atoms with E-state index < -0.39 is 29.5 Å². The van der Waals surface area contributed by atoms with Crippen molar-refractivity contribution >= 4 is 6.16 Å². The van der Waals surface area contributed by atoms with Crippen LogP contribution in [0.5, 0.6) is 5.88 Å². The molecule has 1 heterocycles. The molecule has 2 N–H and O–H groups in total. The van der Waals surface area contributed by atoms with Gasteiger partial charge in [-0.2, -0.15) is 18.3 Å². The minimum absolute atomic E-state index is 0.427. The van der Waals surface area contributed by atoms with Gasteiger partial charge in [0.2, 0.25) is 5.82 Å². The van der Waals surface area contributed by atoms with Crippen LogP contribution in [0.1, 0.15) is 12.6 Å². The number of hydrogen-bond donors (Lipinski definition) is 2. The van der Waals surface area contributed by atoms with E-state index in [0.717, 1.165) is 0 Å². The summed E-state index contributed by atoms with van der Waals surface area (Å²) in [4.78, 5) is 9.96. The summed E-state index contributed by atoms with van der Waals surface area (Å²) in [7, 11) is 0. The molecule has 0 saturated carbocycles. The number of halogens is 3. The number of H-pyrrole nitrogens is 1. The maximum Gasteiger partial charge on any atom is 0.512 e. The predicted molar refractivity (Wildman–Crippen MR) is 36.8 cm³/mol. The summed E-state index contributed by atoms with van der Waals surface area (Å²) < 4.78 is 41.8. The summed E-state index contributed by atoms with van der Waals surface area (Å²) in [6, 6.07) is 0. The number of aromatic amines is 1. The zero-order chi connectivity index (χ0) is 10.9. The summed E-state index contributed by atoms with van der Waals surface area (Å²) >= 11 is 0. The fourth-order valence-electron chi connectivity index (χ4n) is 0.758. The van der Waals surface area contributed by atoms with E-state index in [-0.39, 0.29) is 0 Å². The third-order valence-corrected chi connectivity index (χ3v) is 1.28. The molecule has 0 aromatic carbocycles. The summed E-state index contributed by atoms with van der Waals surface area (Å²) in [6.45, 7) is 0.427. The van der Waals surface area contributed by atoms with Gasteiger partial charge < -0.3 is 9.84 Å². The van der Waals surface area contributed by atoms with E-state index in [2.05, 4.69) is 9.84 Å². The summed E-state index contributed by atoms with van der Waals surface area (Å²) in [5, 5.41) is 12.7. The van der Waals surface area contributed by atoms with E-state index in [0.29, 0.717) is 6.92 Å². The highest BCUT2D eigenvalue weighted by Crippen LogP contribution is 2.30. The second-order valence-electron chi connectivity index (χ2n) is 2.47. The van der Waals surface area contributed by atoms with Crippen LogP contribution in [0.4, 0.5) is 18.0 Å². The lowest BCUT2D eigenvalue weighted by atomic mass is 10.2. The molecule has 14 heavy (non-hydrogen) atoms. The number of alkyl halides is 2. The van der Waals surface area contributed by atoms with Crippen molar-refractivity contribution in [1.29, 1.82) is 0 Å². The van der Waals surface area contributed by atoms with E-state index in [1.165, 1.54) is 0 Å². The van der Waals surface area contributed by atoms with Crippen LogP contribution >= 0.6 is 0 Å². The number of nitrogens with zero attached hydrogens (tertiary/aromatic N) is 1. The van der Waals surface area contributed by atoms with Crippen molar-refractivity contribution in [2.24, 2.45) is 0 Å². The van der Waals surface area contributed by atoms with Gasteiger partial charge in [0.05, 0.1) is 0 Å². The van der Waals surface area contributed by atoms with Gasteiger partial charge in [0.25, 0.3) is 11.8 Å². The van der Waals surface area contributed by atoms with Crippen LogP contribution in [0.15, 0.2) is 0 Å². The van der Waals surface area contributed by atoms with E-state index >= 15 is 0 Å². The Balaban J connectivity index is 3.03. The molecule has 0 aliphatic carbocycles. The first-order valence-electron chi connectivity index (χ1n) is 3.35. The van der Waals surface area contributed by atoms with Gasteiger partial charge in [-0.05, 0) is 0 Å². The van der Waals surface area contributed by atoms with Gasteiger partial charge in [0.1, 0.15) is 0 Å². The number of aromatic nitrogens is 2. The standard InChI is InChI=1S/C6H5F3N2O3/c1-6(8,9)3-2(7)4(11-10-3)14-5(12)13/h1H3,(H,10,11)(H,12,13). The first-order valence-corrected chi connectivity index (χ1v) is 3.35. The molecule has 5 nitrogen and oxygen atoms in total. The molecule has 0 amide bonds. The lowest BCUT2D eigenvalue weighted by Crippen LogP contribution is -2.10. The molecule has 1 aromatic heterocycles. The van der Waals surface area contributed by atoms with E-state index in [4.69, 9.17) is 5.11 Å². The van der Waals surface area contributed by atoms with Crippen molar-refractivity contribution in [2.45, 2.75) is 12.8 Å². The van der Waals surface area contributed by atoms with Gasteiger partial charge in [-0.3, -0.25) is 0 Å². The van der Waals surface area contributed by atoms with Crippen LogP contribution in [-0.2, 0) is 5.92 Å². The van der Waals surface area contributed by atoms with Crippen LogP contribution in [0.3, 0.4) is 0 Å². The molecule has 1 aromatic rings. The fourth-order valence-corrected chi connectivity index (χ4v) is 0.758. The first-order chi connectivity index (χ1) is 6.32. The normalized spacial score (nSPS) is 11.4. The Labute approximate surface area is 75.5 Å². The van der Waals surface area contributed by atoms with Gasteiger partial charge in [0.15, 0.2) is 5.69 Å². The van der Waals surface area contributed by atoms with Crippen LogP contribution in [0, 0.1) is 5.82 Å². The molecule has 0 atom stereocenters. The summed E-state index contributed by atoms with van der Waals surface area (Å²) in [5.74, 6) is -5.96. The van der Waals surface area contributed by atoms with Crippen molar-refractivity contribution in [3.63, 3.8) is 0 Å². The maximum absolute atomic E-state index is 12.9. The van der Waals surface area contributed by atoms with Gasteiger partial charge in [-0.1, -0.05) is 0 Å². The number of hydrogen-bond acceptors (Lipinski definition) is 3. The first kappa shape index (κ1) is 10.4. The Morgan fingerprint density at radius 2 is 2.21 bits per heavy atom. The lowest BCUT2D eigenvalue weighted by Gasteiger charge is -2.04. The van der Waals surface area contributed by atoms with Crippen molar-refractivity contribution in [2.75, 3.05) is 0 Å². The Morgan fingerprint density at radius 3 is 2.57 bits per heavy atom. The predicted octanol–water partition coefficient (Wildman–Crippen LogP) is 1.72. The van der Waals surface area contributed by atoms with E-state index in [1.54, 1.807) is 5.10 Å². The Morgan fingerprint density at radius 1 is 1.64 bits per heavy atom. The van der Waals surface area contributed by atoms with Crippen molar-refractivity contribution in [3.8, 4) is 5.88 Å². The average molecular weight is 210 g/mol. The van der Waals surface area contributed by atoms with Crippen LogP contribution in [-0.4, -0.2) is 21.5 Å².